The SMILES string of the molecule is COCCCCCNCc1cc(Br)ccc1OC(F)F. The van der Waals surface area contributed by atoms with Gasteiger partial charge in [-0.15, -0.1) is 0 Å². The van der Waals surface area contributed by atoms with E-state index in [0.29, 0.717) is 6.54 Å². The highest BCUT2D eigenvalue weighted by atomic mass is 79.9. The molecule has 0 unspecified atom stereocenters. The number of nitrogens with one attached hydrogen (secondary N) is 1. The van der Waals surface area contributed by atoms with Crippen molar-refractivity contribution in [1.82, 2.24) is 5.32 Å². The van der Waals surface area contributed by atoms with Crippen molar-refractivity contribution in [2.75, 3.05) is 20.3 Å². The van der Waals surface area contributed by atoms with Crippen molar-refractivity contribution in [3.63, 3.8) is 0 Å². The van der Waals surface area contributed by atoms with Crippen LogP contribution in [0.3, 0.4) is 0 Å². The number of alkyl halides is 2. The van der Waals surface area contributed by atoms with Crippen LogP contribution < -0.4 is 10.1 Å². The van der Waals surface area contributed by atoms with Gasteiger partial charge in [-0.25, -0.2) is 0 Å². The topological polar surface area (TPSA) is 30.5 Å². The maximum atomic E-state index is 12.3. The standard InChI is InChI=1S/C14H20BrF2NO2/c1-19-8-4-2-3-7-18-10-11-9-12(15)5-6-13(11)20-14(16)17/h5-6,9,14,18H,2-4,7-8,10H2,1H3. The van der Waals surface area contributed by atoms with Gasteiger partial charge in [0.1, 0.15) is 5.75 Å². The predicted octanol–water partition coefficient (Wildman–Crippen LogP) is 3.96. The summed E-state index contributed by atoms with van der Waals surface area (Å²) in [6.45, 7) is -0.683. The summed E-state index contributed by atoms with van der Waals surface area (Å²) in [5, 5.41) is 3.23. The van der Waals surface area contributed by atoms with Crippen molar-refractivity contribution in [3.05, 3.63) is 28.2 Å². The van der Waals surface area contributed by atoms with Crippen LogP contribution in [0.25, 0.3) is 0 Å². The molecule has 1 aromatic carbocycles. The highest BCUT2D eigenvalue weighted by Crippen LogP contribution is 2.24. The molecular formula is C14H20BrF2NO2. The van der Waals surface area contributed by atoms with Crippen molar-refractivity contribution < 1.29 is 18.3 Å². The number of halogens is 3. The molecule has 1 rings (SSSR count). The molecule has 0 aliphatic carbocycles. The molecule has 0 amide bonds. The van der Waals surface area contributed by atoms with Crippen LogP contribution in [0.4, 0.5) is 8.78 Å². The van der Waals surface area contributed by atoms with Crippen molar-refractivity contribution in [2.45, 2.75) is 32.4 Å². The van der Waals surface area contributed by atoms with Gasteiger partial charge in [-0.05, 0) is 44.0 Å². The Labute approximate surface area is 126 Å². The lowest BCUT2D eigenvalue weighted by molar-refractivity contribution is -0.0505. The number of methoxy groups -OCH3 is 1. The third kappa shape index (κ3) is 7.17. The van der Waals surface area contributed by atoms with E-state index in [1.165, 1.54) is 0 Å². The summed E-state index contributed by atoms with van der Waals surface area (Å²) in [5.41, 5.74) is 0.719. The lowest BCUT2D eigenvalue weighted by Gasteiger charge is -2.12. The molecule has 1 aromatic rings. The first kappa shape index (κ1) is 17.3. The van der Waals surface area contributed by atoms with Crippen LogP contribution in [0.1, 0.15) is 24.8 Å². The van der Waals surface area contributed by atoms with E-state index in [9.17, 15) is 8.78 Å². The second-order valence-electron chi connectivity index (χ2n) is 4.36. The molecule has 0 aliphatic rings. The molecule has 114 valence electrons. The highest BCUT2D eigenvalue weighted by molar-refractivity contribution is 9.10. The van der Waals surface area contributed by atoms with Gasteiger partial charge in [0.15, 0.2) is 0 Å². The molecular weight excluding hydrogens is 332 g/mol. The first-order chi connectivity index (χ1) is 9.63. The highest BCUT2D eigenvalue weighted by Gasteiger charge is 2.09. The van der Waals surface area contributed by atoms with E-state index in [4.69, 9.17) is 4.74 Å². The Morgan fingerprint density at radius 1 is 1.25 bits per heavy atom. The molecule has 0 saturated heterocycles. The molecule has 0 fully saturated rings. The van der Waals surface area contributed by atoms with E-state index >= 15 is 0 Å². The fraction of sp³-hybridized carbons (Fsp3) is 0.571. The van der Waals surface area contributed by atoms with Gasteiger partial charge in [0.05, 0.1) is 0 Å². The summed E-state index contributed by atoms with van der Waals surface area (Å²) in [6, 6.07) is 5.02. The lowest BCUT2D eigenvalue weighted by Crippen LogP contribution is -2.16. The molecule has 1 N–H and O–H groups in total. The summed E-state index contributed by atoms with van der Waals surface area (Å²) >= 11 is 3.33. The summed E-state index contributed by atoms with van der Waals surface area (Å²) in [5.74, 6) is 0.218. The normalized spacial score (nSPS) is 11.1. The summed E-state index contributed by atoms with van der Waals surface area (Å²) in [7, 11) is 1.69. The molecule has 0 aromatic heterocycles. The van der Waals surface area contributed by atoms with Gasteiger partial charge in [-0.2, -0.15) is 8.78 Å². The minimum Gasteiger partial charge on any atom is -0.434 e. The predicted molar refractivity (Wildman–Crippen MR) is 78.2 cm³/mol. The zero-order valence-electron chi connectivity index (χ0n) is 11.5. The first-order valence-electron chi connectivity index (χ1n) is 6.56. The zero-order chi connectivity index (χ0) is 14.8. The maximum Gasteiger partial charge on any atom is 0.387 e. The monoisotopic (exact) mass is 351 g/mol. The number of hydrogen-bond donors (Lipinski definition) is 1. The maximum absolute atomic E-state index is 12.3. The Balaban J connectivity index is 2.36. The average molecular weight is 352 g/mol. The van der Waals surface area contributed by atoms with Crippen molar-refractivity contribution in [1.29, 1.82) is 0 Å². The van der Waals surface area contributed by atoms with E-state index in [0.717, 1.165) is 42.5 Å². The molecule has 20 heavy (non-hydrogen) atoms. The van der Waals surface area contributed by atoms with Gasteiger partial charge in [0.25, 0.3) is 0 Å². The zero-order valence-corrected chi connectivity index (χ0v) is 13.1. The Kier molecular flexibility index (Phi) is 8.73. The van der Waals surface area contributed by atoms with Gasteiger partial charge in [0.2, 0.25) is 0 Å². The van der Waals surface area contributed by atoms with Crippen LogP contribution in [0.2, 0.25) is 0 Å². The quantitative estimate of drug-likeness (QED) is 0.647. The summed E-state index contributed by atoms with van der Waals surface area (Å²) in [6.07, 6.45) is 3.15. The summed E-state index contributed by atoms with van der Waals surface area (Å²) in [4.78, 5) is 0. The average Bonchev–Trinajstić information content (AvgIpc) is 2.40. The number of benzene rings is 1. The Morgan fingerprint density at radius 2 is 2.05 bits per heavy atom. The molecule has 0 atom stereocenters. The molecule has 0 aliphatic heterocycles. The van der Waals surface area contributed by atoms with Gasteiger partial charge < -0.3 is 14.8 Å². The molecule has 0 heterocycles. The van der Waals surface area contributed by atoms with Crippen molar-refractivity contribution in [2.24, 2.45) is 0 Å². The van der Waals surface area contributed by atoms with E-state index in [1.807, 2.05) is 0 Å². The fourth-order valence-corrected chi connectivity index (χ4v) is 2.20. The van der Waals surface area contributed by atoms with Gasteiger partial charge in [0, 0.05) is 30.3 Å². The molecule has 0 radical (unpaired) electrons. The van der Waals surface area contributed by atoms with Crippen LogP contribution in [-0.4, -0.2) is 26.9 Å². The Bertz CT molecular complexity index is 391. The first-order valence-corrected chi connectivity index (χ1v) is 7.35. The molecule has 0 spiro atoms. The third-order valence-electron chi connectivity index (χ3n) is 2.76. The van der Waals surface area contributed by atoms with Crippen LogP contribution in [0, 0.1) is 0 Å². The van der Waals surface area contributed by atoms with Crippen LogP contribution in [-0.2, 0) is 11.3 Å². The Hall–Kier alpha value is -0.720. The smallest absolute Gasteiger partial charge is 0.387 e. The van der Waals surface area contributed by atoms with Crippen molar-refractivity contribution >= 4 is 15.9 Å². The lowest BCUT2D eigenvalue weighted by atomic mass is 10.2. The number of hydrogen-bond acceptors (Lipinski definition) is 3. The van der Waals surface area contributed by atoms with Gasteiger partial charge >= 0.3 is 6.61 Å². The number of ether oxygens (including phenoxy) is 2. The minimum absolute atomic E-state index is 0.218. The van der Waals surface area contributed by atoms with E-state index in [1.54, 1.807) is 25.3 Å². The van der Waals surface area contributed by atoms with Gasteiger partial charge in [-0.1, -0.05) is 15.9 Å². The largest absolute Gasteiger partial charge is 0.434 e. The van der Waals surface area contributed by atoms with Crippen LogP contribution >= 0.6 is 15.9 Å². The summed E-state index contributed by atoms with van der Waals surface area (Å²) < 4.78 is 34.9. The van der Waals surface area contributed by atoms with Crippen LogP contribution in [0.15, 0.2) is 22.7 Å². The number of unbranched alkanes of at least 4 members (excludes halogenated alkanes) is 2. The van der Waals surface area contributed by atoms with Gasteiger partial charge in [-0.3, -0.25) is 0 Å². The Morgan fingerprint density at radius 3 is 2.75 bits per heavy atom. The van der Waals surface area contributed by atoms with E-state index < -0.39 is 6.61 Å². The third-order valence-corrected chi connectivity index (χ3v) is 3.25. The molecule has 6 heteroatoms. The van der Waals surface area contributed by atoms with Crippen LogP contribution in [0.5, 0.6) is 5.75 Å². The molecule has 0 saturated carbocycles. The fourth-order valence-electron chi connectivity index (χ4n) is 1.79. The molecule has 3 nitrogen and oxygen atoms in total. The van der Waals surface area contributed by atoms with E-state index in [-0.39, 0.29) is 5.75 Å². The van der Waals surface area contributed by atoms with Crippen molar-refractivity contribution in [3.8, 4) is 5.75 Å². The minimum atomic E-state index is -2.80. The second-order valence-corrected chi connectivity index (χ2v) is 5.28. The number of rotatable bonds is 10. The molecule has 0 bridgehead atoms. The van der Waals surface area contributed by atoms with E-state index in [2.05, 4.69) is 26.0 Å². The second kappa shape index (κ2) is 10.1.